The molecule has 128 valence electrons. The summed E-state index contributed by atoms with van der Waals surface area (Å²) in [6, 6.07) is 13.8. The average Bonchev–Trinajstić information content (AvgIpc) is 3.12. The van der Waals surface area contributed by atoms with Gasteiger partial charge in [-0.1, -0.05) is 50.6 Å². The minimum Gasteiger partial charge on any atom is -0.301 e. The Bertz CT molecular complexity index is 817. The quantitative estimate of drug-likeness (QED) is 0.682. The lowest BCUT2D eigenvalue weighted by Crippen LogP contribution is -2.26. The zero-order chi connectivity index (χ0) is 17.6. The van der Waals surface area contributed by atoms with Crippen molar-refractivity contribution in [1.29, 1.82) is 0 Å². The Balaban J connectivity index is 1.79. The van der Waals surface area contributed by atoms with Gasteiger partial charge in [0.05, 0.1) is 11.6 Å². The summed E-state index contributed by atoms with van der Waals surface area (Å²) < 4.78 is 0. The number of benzene rings is 1. The number of carbonyl (C=O) groups is 1. The first kappa shape index (κ1) is 17.3. The largest absolute Gasteiger partial charge is 0.301 e. The molecule has 0 radical (unpaired) electrons. The fourth-order valence-electron chi connectivity index (χ4n) is 2.80. The SMILES string of the molecule is CC[C@@H](C)[C@H](C(=O)Nc1nc(-c2ccncc2)cs1)c1ccccc1. The van der Waals surface area contributed by atoms with Crippen LogP contribution >= 0.6 is 11.3 Å². The second-order valence-electron chi connectivity index (χ2n) is 6.04. The average molecular weight is 351 g/mol. The molecule has 3 aromatic rings. The van der Waals surface area contributed by atoms with Crippen LogP contribution in [0.15, 0.2) is 60.2 Å². The van der Waals surface area contributed by atoms with Crippen molar-refractivity contribution in [3.63, 3.8) is 0 Å². The van der Waals surface area contributed by atoms with Gasteiger partial charge in [0.25, 0.3) is 0 Å². The second-order valence-corrected chi connectivity index (χ2v) is 6.90. The second kappa shape index (κ2) is 8.03. The summed E-state index contributed by atoms with van der Waals surface area (Å²) in [7, 11) is 0. The topological polar surface area (TPSA) is 54.9 Å². The molecule has 1 N–H and O–H groups in total. The molecule has 3 rings (SSSR count). The molecule has 25 heavy (non-hydrogen) atoms. The zero-order valence-corrected chi connectivity index (χ0v) is 15.2. The minimum absolute atomic E-state index is 0.00354. The Morgan fingerprint density at radius 2 is 1.88 bits per heavy atom. The smallest absolute Gasteiger partial charge is 0.233 e. The van der Waals surface area contributed by atoms with E-state index in [2.05, 4.69) is 29.1 Å². The first-order valence-corrected chi connectivity index (χ1v) is 9.28. The van der Waals surface area contributed by atoms with E-state index in [1.165, 1.54) is 11.3 Å². The van der Waals surface area contributed by atoms with Gasteiger partial charge in [-0.25, -0.2) is 4.98 Å². The third-order valence-corrected chi connectivity index (χ3v) is 5.12. The van der Waals surface area contributed by atoms with Crippen molar-refractivity contribution >= 4 is 22.4 Å². The molecule has 1 amide bonds. The van der Waals surface area contributed by atoms with E-state index in [0.29, 0.717) is 5.13 Å². The van der Waals surface area contributed by atoms with Gasteiger partial charge in [-0.05, 0) is 23.6 Å². The van der Waals surface area contributed by atoms with Crippen LogP contribution in [0.5, 0.6) is 0 Å². The lowest BCUT2D eigenvalue weighted by molar-refractivity contribution is -0.118. The summed E-state index contributed by atoms with van der Waals surface area (Å²) in [6.45, 7) is 4.22. The Hall–Kier alpha value is -2.53. The van der Waals surface area contributed by atoms with Gasteiger partial charge < -0.3 is 5.32 Å². The summed E-state index contributed by atoms with van der Waals surface area (Å²) >= 11 is 1.44. The molecule has 0 saturated carbocycles. The summed E-state index contributed by atoms with van der Waals surface area (Å²) in [6.07, 6.45) is 4.41. The molecule has 5 heteroatoms. The molecule has 4 nitrogen and oxygen atoms in total. The van der Waals surface area contributed by atoms with E-state index in [-0.39, 0.29) is 17.7 Å². The van der Waals surface area contributed by atoms with Crippen LogP contribution in [0.2, 0.25) is 0 Å². The summed E-state index contributed by atoms with van der Waals surface area (Å²) in [5.41, 5.74) is 2.89. The van der Waals surface area contributed by atoms with Gasteiger partial charge in [-0.15, -0.1) is 11.3 Å². The highest BCUT2D eigenvalue weighted by molar-refractivity contribution is 7.14. The van der Waals surface area contributed by atoms with Crippen LogP contribution in [0, 0.1) is 5.92 Å². The maximum atomic E-state index is 12.9. The number of nitrogens with zero attached hydrogens (tertiary/aromatic N) is 2. The molecular weight excluding hydrogens is 330 g/mol. The molecule has 0 aliphatic rings. The molecule has 2 heterocycles. The fraction of sp³-hybridized carbons (Fsp3) is 0.250. The Labute approximate surface area is 152 Å². The molecule has 0 saturated heterocycles. The molecule has 1 aromatic carbocycles. The van der Waals surface area contributed by atoms with E-state index >= 15 is 0 Å². The predicted octanol–water partition coefficient (Wildman–Crippen LogP) is 4.97. The van der Waals surface area contributed by atoms with E-state index in [9.17, 15) is 4.79 Å². The van der Waals surface area contributed by atoms with Gasteiger partial charge in [0.1, 0.15) is 0 Å². The number of amides is 1. The van der Waals surface area contributed by atoms with Crippen molar-refractivity contribution in [3.05, 3.63) is 65.8 Å². The minimum atomic E-state index is -0.181. The Kier molecular flexibility index (Phi) is 5.56. The third-order valence-electron chi connectivity index (χ3n) is 4.36. The number of pyridine rings is 1. The number of hydrogen-bond acceptors (Lipinski definition) is 4. The number of hydrogen-bond donors (Lipinski definition) is 1. The number of thiazole rings is 1. The van der Waals surface area contributed by atoms with Crippen LogP contribution in [-0.2, 0) is 4.79 Å². The van der Waals surface area contributed by atoms with Gasteiger partial charge in [0, 0.05) is 23.3 Å². The van der Waals surface area contributed by atoms with Crippen LogP contribution in [0.3, 0.4) is 0 Å². The molecule has 2 aromatic heterocycles. The Morgan fingerprint density at radius 3 is 2.56 bits per heavy atom. The molecule has 0 bridgehead atoms. The number of carbonyl (C=O) groups excluding carboxylic acids is 1. The maximum Gasteiger partial charge on any atom is 0.233 e. The van der Waals surface area contributed by atoms with Crippen molar-refractivity contribution < 1.29 is 4.79 Å². The fourth-order valence-corrected chi connectivity index (χ4v) is 3.53. The van der Waals surface area contributed by atoms with Crippen LogP contribution in [0.25, 0.3) is 11.3 Å². The van der Waals surface area contributed by atoms with E-state index in [1.54, 1.807) is 12.4 Å². The predicted molar refractivity (Wildman–Crippen MR) is 103 cm³/mol. The molecule has 0 fully saturated rings. The molecular formula is C20H21N3OS. The van der Waals surface area contributed by atoms with E-state index < -0.39 is 0 Å². The van der Waals surface area contributed by atoms with E-state index in [4.69, 9.17) is 0 Å². The van der Waals surface area contributed by atoms with Gasteiger partial charge in [-0.3, -0.25) is 9.78 Å². The van der Waals surface area contributed by atoms with Gasteiger partial charge in [-0.2, -0.15) is 0 Å². The van der Waals surface area contributed by atoms with Crippen LogP contribution in [0.4, 0.5) is 5.13 Å². The molecule has 0 spiro atoms. The first-order chi connectivity index (χ1) is 12.2. The summed E-state index contributed by atoms with van der Waals surface area (Å²) in [4.78, 5) is 21.5. The van der Waals surface area contributed by atoms with Gasteiger partial charge in [0.2, 0.25) is 5.91 Å². The van der Waals surface area contributed by atoms with Crippen LogP contribution in [0.1, 0.15) is 31.7 Å². The number of nitrogens with one attached hydrogen (secondary N) is 1. The van der Waals surface area contributed by atoms with Gasteiger partial charge in [0.15, 0.2) is 5.13 Å². The highest BCUT2D eigenvalue weighted by Crippen LogP contribution is 2.30. The normalized spacial score (nSPS) is 13.2. The van der Waals surface area contributed by atoms with Crippen LogP contribution in [-0.4, -0.2) is 15.9 Å². The lowest BCUT2D eigenvalue weighted by Gasteiger charge is -2.22. The number of aromatic nitrogens is 2. The first-order valence-electron chi connectivity index (χ1n) is 8.40. The molecule has 0 unspecified atom stereocenters. The van der Waals surface area contributed by atoms with E-state index in [0.717, 1.165) is 23.2 Å². The van der Waals surface area contributed by atoms with Crippen molar-refractivity contribution in [2.75, 3.05) is 5.32 Å². The number of rotatable bonds is 6. The molecule has 0 aliphatic heterocycles. The standard InChI is InChI=1S/C20H21N3OS/c1-3-14(2)18(16-7-5-4-6-8-16)19(24)23-20-22-17(13-25-20)15-9-11-21-12-10-15/h4-14,18H,3H2,1-2H3,(H,22,23,24)/t14-,18+/m1/s1. The summed E-state index contributed by atoms with van der Waals surface area (Å²) in [5, 5.41) is 5.57. The van der Waals surface area contributed by atoms with Crippen molar-refractivity contribution in [3.8, 4) is 11.3 Å². The number of anilines is 1. The molecule has 2 atom stereocenters. The molecule has 0 aliphatic carbocycles. The van der Waals surface area contributed by atoms with E-state index in [1.807, 2.05) is 47.8 Å². The highest BCUT2D eigenvalue weighted by Gasteiger charge is 2.26. The van der Waals surface area contributed by atoms with Crippen LogP contribution < -0.4 is 5.32 Å². The van der Waals surface area contributed by atoms with Crippen molar-refractivity contribution in [1.82, 2.24) is 9.97 Å². The third kappa shape index (κ3) is 4.12. The lowest BCUT2D eigenvalue weighted by atomic mass is 9.85. The zero-order valence-electron chi connectivity index (χ0n) is 14.3. The monoisotopic (exact) mass is 351 g/mol. The van der Waals surface area contributed by atoms with Crippen molar-refractivity contribution in [2.45, 2.75) is 26.2 Å². The van der Waals surface area contributed by atoms with Crippen molar-refractivity contribution in [2.24, 2.45) is 5.92 Å². The Morgan fingerprint density at radius 1 is 1.16 bits per heavy atom. The highest BCUT2D eigenvalue weighted by atomic mass is 32.1. The summed E-state index contributed by atoms with van der Waals surface area (Å²) in [5.74, 6) is 0.0673. The van der Waals surface area contributed by atoms with Gasteiger partial charge >= 0.3 is 0 Å². The maximum absolute atomic E-state index is 12.9.